The predicted molar refractivity (Wildman–Crippen MR) is 82.8 cm³/mol. The molecule has 26 heavy (non-hydrogen) atoms. The van der Waals surface area contributed by atoms with Crippen LogP contribution in [0.1, 0.15) is 19.3 Å². The molecule has 12 heteroatoms. The molecule has 0 aromatic heterocycles. The summed E-state index contributed by atoms with van der Waals surface area (Å²) in [5, 5.41) is 10.9. The molecule has 1 rings (SSSR count). The SMILES string of the molecule is O=C(O)CCCCNC(=O)CNS(=O)(=O)c1ccc(OC(F)(F)F)cc1. The molecule has 0 heterocycles. The number of hydrogen-bond donors (Lipinski definition) is 3. The maximum Gasteiger partial charge on any atom is 0.573 e. The minimum atomic E-state index is -4.89. The van der Waals surface area contributed by atoms with Crippen molar-refractivity contribution in [2.24, 2.45) is 0 Å². The van der Waals surface area contributed by atoms with E-state index < -0.39 is 40.6 Å². The third-order valence-electron chi connectivity index (χ3n) is 2.93. The van der Waals surface area contributed by atoms with Gasteiger partial charge in [-0.2, -0.15) is 0 Å². The van der Waals surface area contributed by atoms with Gasteiger partial charge < -0.3 is 15.2 Å². The fourth-order valence-corrected chi connectivity index (χ4v) is 2.74. The molecule has 0 saturated heterocycles. The molecule has 0 atom stereocenters. The van der Waals surface area contributed by atoms with E-state index >= 15 is 0 Å². The van der Waals surface area contributed by atoms with Gasteiger partial charge in [0.1, 0.15) is 5.75 Å². The summed E-state index contributed by atoms with van der Waals surface area (Å²) < 4.78 is 65.7. The van der Waals surface area contributed by atoms with Gasteiger partial charge in [-0.3, -0.25) is 9.59 Å². The second-order valence-corrected chi connectivity index (χ2v) is 6.81. The minimum Gasteiger partial charge on any atom is -0.481 e. The van der Waals surface area contributed by atoms with Gasteiger partial charge in [-0.15, -0.1) is 13.2 Å². The fourth-order valence-electron chi connectivity index (χ4n) is 1.76. The van der Waals surface area contributed by atoms with Gasteiger partial charge in [-0.25, -0.2) is 13.1 Å². The van der Waals surface area contributed by atoms with Gasteiger partial charge >= 0.3 is 12.3 Å². The zero-order valence-corrected chi connectivity index (χ0v) is 14.2. The molecule has 0 aliphatic rings. The van der Waals surface area contributed by atoms with E-state index in [1.54, 1.807) is 0 Å². The summed E-state index contributed by atoms with van der Waals surface area (Å²) in [4.78, 5) is 21.5. The van der Waals surface area contributed by atoms with E-state index in [9.17, 15) is 31.2 Å². The lowest BCUT2D eigenvalue weighted by Gasteiger charge is -2.10. The molecule has 0 saturated carbocycles. The van der Waals surface area contributed by atoms with Gasteiger partial charge in [0, 0.05) is 13.0 Å². The van der Waals surface area contributed by atoms with Crippen molar-refractivity contribution in [2.75, 3.05) is 13.1 Å². The Morgan fingerprint density at radius 1 is 1.12 bits per heavy atom. The molecule has 1 aromatic carbocycles. The summed E-state index contributed by atoms with van der Waals surface area (Å²) in [7, 11) is -4.09. The smallest absolute Gasteiger partial charge is 0.481 e. The van der Waals surface area contributed by atoms with Crippen LogP contribution in [0, 0.1) is 0 Å². The van der Waals surface area contributed by atoms with Crippen molar-refractivity contribution in [3.05, 3.63) is 24.3 Å². The second-order valence-electron chi connectivity index (χ2n) is 5.04. The Hall–Kier alpha value is -2.34. The number of carbonyl (C=O) groups excluding carboxylic acids is 1. The highest BCUT2D eigenvalue weighted by atomic mass is 32.2. The Morgan fingerprint density at radius 3 is 2.27 bits per heavy atom. The summed E-state index contributed by atoms with van der Waals surface area (Å²) in [6.45, 7) is -0.376. The zero-order chi connectivity index (χ0) is 19.8. The summed E-state index contributed by atoms with van der Waals surface area (Å²) in [6.07, 6.45) is -4.13. The van der Waals surface area contributed by atoms with Gasteiger partial charge in [-0.1, -0.05) is 0 Å². The predicted octanol–water partition coefficient (Wildman–Crippen LogP) is 1.23. The van der Waals surface area contributed by atoms with E-state index in [1.807, 2.05) is 4.72 Å². The van der Waals surface area contributed by atoms with Gasteiger partial charge in [0.15, 0.2) is 0 Å². The van der Waals surface area contributed by atoms with E-state index in [1.165, 1.54) is 0 Å². The van der Waals surface area contributed by atoms with Crippen LogP contribution in [0.25, 0.3) is 0 Å². The molecule has 8 nitrogen and oxygen atoms in total. The number of alkyl halides is 3. The molecule has 0 spiro atoms. The van der Waals surface area contributed by atoms with Crippen LogP contribution in [-0.2, 0) is 19.6 Å². The van der Waals surface area contributed by atoms with E-state index in [2.05, 4.69) is 10.1 Å². The molecular weight excluding hydrogens is 381 g/mol. The molecule has 0 fully saturated rings. The fraction of sp³-hybridized carbons (Fsp3) is 0.429. The van der Waals surface area contributed by atoms with Crippen LogP contribution in [0.15, 0.2) is 29.2 Å². The highest BCUT2D eigenvalue weighted by Gasteiger charge is 2.31. The zero-order valence-electron chi connectivity index (χ0n) is 13.4. The lowest BCUT2D eigenvalue weighted by atomic mass is 10.2. The van der Waals surface area contributed by atoms with Crippen LogP contribution in [0.2, 0.25) is 0 Å². The Bertz CT molecular complexity index is 719. The maximum absolute atomic E-state index is 12.0. The van der Waals surface area contributed by atoms with E-state index in [0.29, 0.717) is 12.8 Å². The molecular formula is C14H17F3N2O6S. The lowest BCUT2D eigenvalue weighted by molar-refractivity contribution is -0.274. The van der Waals surface area contributed by atoms with Crippen LogP contribution < -0.4 is 14.8 Å². The van der Waals surface area contributed by atoms with Gasteiger partial charge in [0.05, 0.1) is 11.4 Å². The Labute approximate surface area is 147 Å². The van der Waals surface area contributed by atoms with Crippen molar-refractivity contribution in [1.29, 1.82) is 0 Å². The summed E-state index contributed by atoms with van der Waals surface area (Å²) in [5.74, 6) is -2.15. The van der Waals surface area contributed by atoms with Crippen molar-refractivity contribution < 1.29 is 41.0 Å². The number of sulfonamides is 1. The molecule has 1 amide bonds. The lowest BCUT2D eigenvalue weighted by Crippen LogP contribution is -2.37. The van der Waals surface area contributed by atoms with E-state index in [4.69, 9.17) is 5.11 Å². The number of rotatable bonds is 10. The van der Waals surface area contributed by atoms with Crippen molar-refractivity contribution in [3.8, 4) is 5.75 Å². The second kappa shape index (κ2) is 9.38. The Kier molecular flexibility index (Phi) is 7.83. The molecule has 0 aliphatic carbocycles. The van der Waals surface area contributed by atoms with Crippen molar-refractivity contribution in [1.82, 2.24) is 10.0 Å². The van der Waals surface area contributed by atoms with Crippen LogP contribution >= 0.6 is 0 Å². The number of carboxylic acid groups (broad SMARTS) is 1. The van der Waals surface area contributed by atoms with Gasteiger partial charge in [0.2, 0.25) is 15.9 Å². The number of hydrogen-bond acceptors (Lipinski definition) is 5. The Balaban J connectivity index is 2.46. The number of ether oxygens (including phenoxy) is 1. The topological polar surface area (TPSA) is 122 Å². The number of halogens is 3. The average molecular weight is 398 g/mol. The van der Waals surface area contributed by atoms with Crippen LogP contribution in [0.3, 0.4) is 0 Å². The average Bonchev–Trinajstić information content (AvgIpc) is 2.51. The van der Waals surface area contributed by atoms with Crippen molar-refractivity contribution >= 4 is 21.9 Å². The third kappa shape index (κ3) is 8.67. The molecule has 0 bridgehead atoms. The largest absolute Gasteiger partial charge is 0.573 e. The molecule has 3 N–H and O–H groups in total. The highest BCUT2D eigenvalue weighted by molar-refractivity contribution is 7.89. The summed E-state index contributed by atoms with van der Waals surface area (Å²) in [5.41, 5.74) is 0. The Morgan fingerprint density at radius 2 is 1.73 bits per heavy atom. The van der Waals surface area contributed by atoms with Crippen molar-refractivity contribution in [2.45, 2.75) is 30.5 Å². The van der Waals surface area contributed by atoms with Crippen LogP contribution in [-0.4, -0.2) is 44.9 Å². The molecule has 1 aromatic rings. The summed E-state index contributed by atoms with van der Waals surface area (Å²) >= 11 is 0. The quantitative estimate of drug-likeness (QED) is 0.510. The monoisotopic (exact) mass is 398 g/mol. The minimum absolute atomic E-state index is 0.0312. The maximum atomic E-state index is 12.0. The molecule has 146 valence electrons. The number of nitrogens with one attached hydrogen (secondary N) is 2. The molecule has 0 radical (unpaired) electrons. The number of unbranched alkanes of at least 4 members (excludes halogenated alkanes) is 1. The highest BCUT2D eigenvalue weighted by Crippen LogP contribution is 2.23. The summed E-state index contributed by atoms with van der Waals surface area (Å²) in [6, 6.07) is 3.50. The molecule has 0 aliphatic heterocycles. The van der Waals surface area contributed by atoms with Gasteiger partial charge in [0.25, 0.3) is 0 Å². The first-order valence-corrected chi connectivity index (χ1v) is 8.82. The van der Waals surface area contributed by atoms with Crippen molar-refractivity contribution in [3.63, 3.8) is 0 Å². The number of amides is 1. The van der Waals surface area contributed by atoms with E-state index in [0.717, 1.165) is 24.3 Å². The van der Waals surface area contributed by atoms with Crippen LogP contribution in [0.5, 0.6) is 5.75 Å². The van der Waals surface area contributed by atoms with Gasteiger partial charge in [-0.05, 0) is 37.1 Å². The van der Waals surface area contributed by atoms with Crippen LogP contribution in [0.4, 0.5) is 13.2 Å². The molecule has 0 unspecified atom stereocenters. The number of benzene rings is 1. The number of carboxylic acids is 1. The third-order valence-corrected chi connectivity index (χ3v) is 4.35. The van der Waals surface area contributed by atoms with E-state index in [-0.39, 0.29) is 17.9 Å². The number of carbonyl (C=O) groups is 2. The number of aliphatic carboxylic acids is 1. The first-order chi connectivity index (χ1) is 12.0. The normalized spacial score (nSPS) is 11.8. The standard InChI is InChI=1S/C14H17F3N2O6S/c15-14(16,17)25-10-4-6-11(7-5-10)26(23,24)19-9-12(20)18-8-2-1-3-13(21)22/h4-7,19H,1-3,8-9H2,(H,18,20)(H,21,22). The first-order valence-electron chi connectivity index (χ1n) is 7.33. The first kappa shape index (κ1) is 21.7.